The van der Waals surface area contributed by atoms with E-state index in [4.69, 9.17) is 0 Å². The Morgan fingerprint density at radius 2 is 2.11 bits per heavy atom. The first-order chi connectivity index (χ1) is 9.13. The second kappa shape index (κ2) is 8.69. The molecule has 0 aromatic heterocycles. The van der Waals surface area contributed by atoms with Crippen molar-refractivity contribution in [2.75, 3.05) is 12.4 Å². The van der Waals surface area contributed by atoms with Crippen molar-refractivity contribution in [3.63, 3.8) is 0 Å². The molecule has 0 fully saturated rings. The van der Waals surface area contributed by atoms with Gasteiger partial charge >= 0.3 is 5.97 Å². The van der Waals surface area contributed by atoms with Gasteiger partial charge in [0.05, 0.1) is 6.61 Å². The number of Topliss-reactive ketones (excluding diaryl/α,β-unsaturated/α-hetero) is 1. The highest BCUT2D eigenvalue weighted by Crippen LogP contribution is 2.20. The van der Waals surface area contributed by atoms with Crippen LogP contribution < -0.4 is 0 Å². The first kappa shape index (κ1) is 15.7. The van der Waals surface area contributed by atoms with Crippen LogP contribution in [0.2, 0.25) is 0 Å². The average Bonchev–Trinajstić information content (AvgIpc) is 2.38. The molecule has 0 unspecified atom stereocenters. The third-order valence-corrected chi connectivity index (χ3v) is 3.45. The van der Waals surface area contributed by atoms with Crippen molar-refractivity contribution in [1.29, 1.82) is 0 Å². The van der Waals surface area contributed by atoms with Crippen LogP contribution in [0.4, 0.5) is 4.39 Å². The van der Waals surface area contributed by atoms with E-state index in [9.17, 15) is 14.0 Å². The molecule has 1 aromatic carbocycles. The summed E-state index contributed by atoms with van der Waals surface area (Å²) in [5.74, 6) is -0.681. The molecular weight excluding hydrogens is 267 g/mol. The number of rotatable bonds is 8. The fourth-order valence-corrected chi connectivity index (χ4v) is 2.40. The molecule has 0 amide bonds. The van der Waals surface area contributed by atoms with Crippen molar-refractivity contribution in [1.82, 2.24) is 0 Å². The lowest BCUT2D eigenvalue weighted by atomic mass is 10.2. The van der Waals surface area contributed by atoms with Crippen LogP contribution in [0, 0.1) is 5.82 Å². The number of carbonyl (C=O) groups is 2. The van der Waals surface area contributed by atoms with Gasteiger partial charge in [-0.2, -0.15) is 0 Å². The number of esters is 1. The minimum atomic E-state index is -0.750. The normalized spacial score (nSPS) is 10.2. The molecule has 1 aromatic rings. The van der Waals surface area contributed by atoms with Gasteiger partial charge in [0.25, 0.3) is 0 Å². The highest BCUT2D eigenvalue weighted by atomic mass is 32.2. The number of thioether (sulfide) groups is 1. The monoisotopic (exact) mass is 284 g/mol. The second-order valence-electron chi connectivity index (χ2n) is 3.91. The van der Waals surface area contributed by atoms with E-state index in [-0.39, 0.29) is 18.8 Å². The average molecular weight is 284 g/mol. The minimum Gasteiger partial charge on any atom is -0.460 e. The quantitative estimate of drug-likeness (QED) is 0.318. The Balaban J connectivity index is 2.14. The molecule has 3 nitrogen and oxygen atoms in total. The third kappa shape index (κ3) is 6.38. The summed E-state index contributed by atoms with van der Waals surface area (Å²) >= 11 is 1.54. The Kier molecular flexibility index (Phi) is 7.18. The highest BCUT2D eigenvalue weighted by Gasteiger charge is 2.13. The van der Waals surface area contributed by atoms with Crippen molar-refractivity contribution >= 4 is 23.5 Å². The van der Waals surface area contributed by atoms with Crippen molar-refractivity contribution in [3.05, 3.63) is 30.1 Å². The number of halogens is 1. The topological polar surface area (TPSA) is 43.4 Å². The van der Waals surface area contributed by atoms with Crippen LogP contribution >= 0.6 is 11.8 Å². The number of benzene rings is 1. The summed E-state index contributed by atoms with van der Waals surface area (Å²) in [5, 5.41) is 0. The fourth-order valence-electron chi connectivity index (χ4n) is 1.45. The van der Waals surface area contributed by atoms with E-state index in [1.54, 1.807) is 13.0 Å². The molecule has 5 heteroatoms. The molecule has 0 aliphatic carbocycles. The lowest BCUT2D eigenvalue weighted by Gasteiger charge is -2.02. The van der Waals surface area contributed by atoms with Gasteiger partial charge in [0.1, 0.15) is 5.82 Å². The van der Waals surface area contributed by atoms with E-state index in [1.165, 1.54) is 23.9 Å². The molecule has 0 spiro atoms. The van der Waals surface area contributed by atoms with E-state index in [1.807, 2.05) is 6.07 Å². The van der Waals surface area contributed by atoms with Crippen LogP contribution in [0.25, 0.3) is 0 Å². The van der Waals surface area contributed by atoms with Gasteiger partial charge in [0.2, 0.25) is 5.78 Å². The van der Waals surface area contributed by atoms with Crippen LogP contribution in [-0.4, -0.2) is 24.1 Å². The maximum atomic E-state index is 12.9. The van der Waals surface area contributed by atoms with Gasteiger partial charge < -0.3 is 4.74 Å². The van der Waals surface area contributed by atoms with E-state index in [0.717, 1.165) is 17.1 Å². The Labute approximate surface area is 116 Å². The number of ether oxygens (including phenoxy) is 1. The van der Waals surface area contributed by atoms with Crippen LogP contribution in [0.3, 0.4) is 0 Å². The lowest BCUT2D eigenvalue weighted by molar-refractivity contribution is -0.153. The molecule has 0 saturated heterocycles. The summed E-state index contributed by atoms with van der Waals surface area (Å²) in [6.45, 7) is 1.89. The molecule has 0 radical (unpaired) electrons. The molecule has 19 heavy (non-hydrogen) atoms. The summed E-state index contributed by atoms with van der Waals surface area (Å²) in [4.78, 5) is 23.2. The van der Waals surface area contributed by atoms with Crippen LogP contribution in [0.15, 0.2) is 29.2 Å². The van der Waals surface area contributed by atoms with Gasteiger partial charge in [-0.15, -0.1) is 11.8 Å². The summed E-state index contributed by atoms with van der Waals surface area (Å²) in [7, 11) is 0. The molecule has 0 N–H and O–H groups in total. The molecule has 0 aliphatic rings. The summed E-state index contributed by atoms with van der Waals surface area (Å²) in [6, 6.07) is 6.40. The van der Waals surface area contributed by atoms with E-state index in [2.05, 4.69) is 4.74 Å². The number of unbranched alkanes of at least 4 members (excludes halogenated alkanes) is 1. The maximum absolute atomic E-state index is 12.9. The molecule has 0 bridgehead atoms. The number of ketones is 1. The summed E-state index contributed by atoms with van der Waals surface area (Å²) in [5.41, 5.74) is 0. The van der Waals surface area contributed by atoms with E-state index in [0.29, 0.717) is 6.42 Å². The predicted octanol–water partition coefficient (Wildman–Crippen LogP) is 3.22. The summed E-state index contributed by atoms with van der Waals surface area (Å²) < 4.78 is 17.5. The summed E-state index contributed by atoms with van der Waals surface area (Å²) in [6.07, 6.45) is 1.65. The van der Waals surface area contributed by atoms with Gasteiger partial charge in [-0.25, -0.2) is 9.18 Å². The Hall–Kier alpha value is -1.36. The largest absolute Gasteiger partial charge is 0.460 e. The van der Waals surface area contributed by atoms with Crippen molar-refractivity contribution in [3.8, 4) is 0 Å². The maximum Gasteiger partial charge on any atom is 0.374 e. The molecule has 0 atom stereocenters. The number of hydrogen-bond acceptors (Lipinski definition) is 4. The second-order valence-corrected chi connectivity index (χ2v) is 5.07. The Bertz CT molecular complexity index is 434. The smallest absolute Gasteiger partial charge is 0.374 e. The van der Waals surface area contributed by atoms with E-state index >= 15 is 0 Å². The van der Waals surface area contributed by atoms with Gasteiger partial charge in [-0.1, -0.05) is 6.07 Å². The molecule has 1 rings (SSSR count). The molecule has 104 valence electrons. The number of carbonyl (C=O) groups excluding carboxylic acids is 2. The fraction of sp³-hybridized carbons (Fsp3) is 0.429. The van der Waals surface area contributed by atoms with Crippen molar-refractivity contribution < 1.29 is 18.7 Å². The lowest BCUT2D eigenvalue weighted by Crippen LogP contribution is -2.16. The molecule has 0 aliphatic heterocycles. The van der Waals surface area contributed by atoms with E-state index < -0.39 is 11.8 Å². The zero-order valence-corrected chi connectivity index (χ0v) is 11.7. The predicted molar refractivity (Wildman–Crippen MR) is 72.6 cm³/mol. The molecule has 0 saturated carbocycles. The first-order valence-electron chi connectivity index (χ1n) is 6.21. The standard InChI is InChI=1S/C14H17FO3S/c1-2-18-14(17)13(16)8-3-4-9-19-12-7-5-6-11(15)10-12/h5-7,10H,2-4,8-9H2,1H3. The Morgan fingerprint density at radius 1 is 1.32 bits per heavy atom. The first-order valence-corrected chi connectivity index (χ1v) is 7.20. The Morgan fingerprint density at radius 3 is 2.79 bits per heavy atom. The van der Waals surface area contributed by atoms with Crippen LogP contribution in [0.1, 0.15) is 26.2 Å². The SMILES string of the molecule is CCOC(=O)C(=O)CCCCSc1cccc(F)c1. The van der Waals surface area contributed by atoms with Gasteiger partial charge in [-0.3, -0.25) is 4.79 Å². The zero-order valence-electron chi connectivity index (χ0n) is 10.9. The number of hydrogen-bond donors (Lipinski definition) is 0. The van der Waals surface area contributed by atoms with Crippen LogP contribution in [0.5, 0.6) is 0 Å². The van der Waals surface area contributed by atoms with Crippen LogP contribution in [-0.2, 0) is 14.3 Å². The van der Waals surface area contributed by atoms with Gasteiger partial charge in [0.15, 0.2) is 0 Å². The molecule has 0 heterocycles. The van der Waals surface area contributed by atoms with Gasteiger partial charge in [0, 0.05) is 11.3 Å². The molecular formula is C14H17FO3S. The highest BCUT2D eigenvalue weighted by molar-refractivity contribution is 7.99. The van der Waals surface area contributed by atoms with Crippen molar-refractivity contribution in [2.24, 2.45) is 0 Å². The zero-order chi connectivity index (χ0) is 14.1. The third-order valence-electron chi connectivity index (χ3n) is 2.37. The van der Waals surface area contributed by atoms with Crippen molar-refractivity contribution in [2.45, 2.75) is 31.1 Å². The minimum absolute atomic E-state index is 0.211. The van der Waals surface area contributed by atoms with Gasteiger partial charge in [-0.05, 0) is 43.7 Å².